The first-order valence-electron chi connectivity index (χ1n) is 13.9. The zero-order chi connectivity index (χ0) is 30.8. The normalized spacial score (nSPS) is 13.0. The van der Waals surface area contributed by atoms with Crippen molar-refractivity contribution >= 4 is 40.2 Å². The van der Waals surface area contributed by atoms with Crippen LogP contribution in [0.2, 0.25) is 0 Å². The van der Waals surface area contributed by atoms with Crippen LogP contribution in [-0.4, -0.2) is 33.2 Å². The lowest BCUT2D eigenvalue weighted by atomic mass is 9.96. The number of aromatic nitrogens is 2. The quantitative estimate of drug-likeness (QED) is 0.176. The Morgan fingerprint density at radius 3 is 2.38 bits per heavy atom. The van der Waals surface area contributed by atoms with Crippen LogP contribution >= 0.6 is 0 Å². The molecule has 5 N–H and O–H groups in total. The number of carbonyl (C=O) groups excluding carboxylic acids is 2. The first-order valence-corrected chi connectivity index (χ1v) is 13.9. The summed E-state index contributed by atoms with van der Waals surface area (Å²) in [7, 11) is 0. The van der Waals surface area contributed by atoms with Crippen molar-refractivity contribution in [2.45, 2.75) is 72.7 Å². The fraction of sp³-hybridized carbons (Fsp3) is 0.344. The number of hydrogen-bond donors (Lipinski definition) is 4. The van der Waals surface area contributed by atoms with E-state index in [1.807, 2.05) is 62.5 Å². The molecule has 0 aliphatic rings. The molecule has 4 aromatic rings. The van der Waals surface area contributed by atoms with E-state index in [2.05, 4.69) is 32.4 Å². The molecule has 0 radical (unpaired) electrons. The Kier molecular flexibility index (Phi) is 8.75. The third-order valence-corrected chi connectivity index (χ3v) is 6.79. The average Bonchev–Trinajstić information content (AvgIpc) is 3.31. The van der Waals surface area contributed by atoms with Crippen LogP contribution in [0.15, 0.2) is 54.7 Å². The molecular formula is C32H39FN6O3. The molecule has 222 valence electrons. The Labute approximate surface area is 245 Å². The molecule has 0 spiro atoms. The fourth-order valence-electron chi connectivity index (χ4n) is 5.02. The number of amides is 2. The smallest absolute Gasteiger partial charge is 0.407 e. The molecule has 2 amide bonds. The molecule has 0 saturated carbocycles. The number of pyridine rings is 1. The van der Waals surface area contributed by atoms with E-state index in [1.165, 1.54) is 0 Å². The molecule has 0 saturated heterocycles. The van der Waals surface area contributed by atoms with Crippen molar-refractivity contribution in [2.75, 3.05) is 10.6 Å². The summed E-state index contributed by atoms with van der Waals surface area (Å²) in [5.41, 5.74) is 9.38. The summed E-state index contributed by atoms with van der Waals surface area (Å²) in [4.78, 5) is 29.5. The van der Waals surface area contributed by atoms with E-state index in [0.29, 0.717) is 5.69 Å². The summed E-state index contributed by atoms with van der Waals surface area (Å²) in [5, 5.41) is 10.1. The van der Waals surface area contributed by atoms with Gasteiger partial charge in [0.05, 0.1) is 23.2 Å². The second-order valence-corrected chi connectivity index (χ2v) is 11.5. The van der Waals surface area contributed by atoms with Gasteiger partial charge >= 0.3 is 6.09 Å². The number of nitrogens with zero attached hydrogens (tertiary/aromatic N) is 2. The molecule has 0 unspecified atom stereocenters. The van der Waals surface area contributed by atoms with Gasteiger partial charge in [-0.1, -0.05) is 35.4 Å². The topological polar surface area (TPSA) is 123 Å². The van der Waals surface area contributed by atoms with Crippen molar-refractivity contribution < 1.29 is 18.7 Å². The Morgan fingerprint density at radius 1 is 1.07 bits per heavy atom. The molecule has 9 nitrogen and oxygen atoms in total. The van der Waals surface area contributed by atoms with Gasteiger partial charge < -0.3 is 31.0 Å². The Hall–Kier alpha value is -4.60. The predicted molar refractivity (Wildman–Crippen MR) is 165 cm³/mol. The number of hydrogen-bond acceptors (Lipinski definition) is 6. The molecule has 2 aromatic carbocycles. The minimum atomic E-state index is -0.820. The number of alkyl carbamates (subject to hydrolysis) is 1. The maximum atomic E-state index is 15.5. The predicted octanol–water partition coefficient (Wildman–Crippen LogP) is 6.72. The standard InChI is InChI=1S/C32H39FN6O3/c1-8-39-13-12-22-25(10-9-11-26(22)39)36-29-23(28(34)40)17-24(33)30(38-29)37-27(21-15-18(2)14-19(3)16-21)20(4)35-31(41)42-32(5,6)7/h9-17,20,27H,8H2,1-7H3,(H2,34,40)(H,35,41)(H2,36,37,38)/t20-,27-/m0/s1. The number of nitrogens with one attached hydrogen (secondary N) is 3. The molecule has 2 atom stereocenters. The minimum absolute atomic E-state index is 0.0899. The number of nitrogens with two attached hydrogens (primary N) is 1. The van der Waals surface area contributed by atoms with Crippen LogP contribution in [0.5, 0.6) is 0 Å². The Morgan fingerprint density at radius 2 is 1.76 bits per heavy atom. The van der Waals surface area contributed by atoms with Crippen LogP contribution in [-0.2, 0) is 11.3 Å². The number of rotatable bonds is 9. The van der Waals surface area contributed by atoms with E-state index in [1.54, 1.807) is 27.7 Å². The molecule has 4 rings (SSSR count). The van der Waals surface area contributed by atoms with Crippen molar-refractivity contribution in [1.82, 2.24) is 14.9 Å². The SMILES string of the molecule is CCn1ccc2c(Nc3nc(N[C@H](c4cc(C)cc(C)c4)[C@H](C)NC(=O)OC(C)(C)C)c(F)cc3C(N)=O)cccc21. The second kappa shape index (κ2) is 12.1. The van der Waals surface area contributed by atoms with Crippen LogP contribution in [0, 0.1) is 19.7 Å². The molecule has 42 heavy (non-hydrogen) atoms. The van der Waals surface area contributed by atoms with Crippen molar-refractivity contribution in [3.63, 3.8) is 0 Å². The van der Waals surface area contributed by atoms with Crippen LogP contribution in [0.3, 0.4) is 0 Å². The zero-order valence-electron chi connectivity index (χ0n) is 25.1. The van der Waals surface area contributed by atoms with E-state index in [9.17, 15) is 9.59 Å². The highest BCUT2D eigenvalue weighted by Crippen LogP contribution is 2.32. The average molecular weight is 575 g/mol. The molecule has 0 aliphatic heterocycles. The summed E-state index contributed by atoms with van der Waals surface area (Å²) in [6.07, 6.45) is 1.38. The van der Waals surface area contributed by atoms with E-state index >= 15 is 4.39 Å². The van der Waals surface area contributed by atoms with Gasteiger partial charge in [0, 0.05) is 23.8 Å². The van der Waals surface area contributed by atoms with Crippen molar-refractivity contribution in [2.24, 2.45) is 5.73 Å². The van der Waals surface area contributed by atoms with Gasteiger partial charge in [0.15, 0.2) is 11.6 Å². The van der Waals surface area contributed by atoms with Gasteiger partial charge in [0.25, 0.3) is 5.91 Å². The summed E-state index contributed by atoms with van der Waals surface area (Å²) >= 11 is 0. The number of fused-ring (bicyclic) bond motifs is 1. The van der Waals surface area contributed by atoms with Crippen LogP contribution < -0.4 is 21.7 Å². The second-order valence-electron chi connectivity index (χ2n) is 11.5. The van der Waals surface area contributed by atoms with Gasteiger partial charge in [-0.15, -0.1) is 0 Å². The number of aryl methyl sites for hydroxylation is 3. The summed E-state index contributed by atoms with van der Waals surface area (Å²) < 4.78 is 23.1. The molecular weight excluding hydrogens is 535 g/mol. The third kappa shape index (κ3) is 6.99. The monoisotopic (exact) mass is 574 g/mol. The van der Waals surface area contributed by atoms with Gasteiger partial charge in [-0.05, 0) is 78.3 Å². The lowest BCUT2D eigenvalue weighted by Crippen LogP contribution is -2.42. The molecule has 0 aliphatic carbocycles. The molecule has 0 bridgehead atoms. The Bertz CT molecular complexity index is 1600. The van der Waals surface area contributed by atoms with E-state index < -0.39 is 35.5 Å². The highest BCUT2D eigenvalue weighted by Gasteiger charge is 2.27. The zero-order valence-corrected chi connectivity index (χ0v) is 25.1. The minimum Gasteiger partial charge on any atom is -0.444 e. The van der Waals surface area contributed by atoms with Gasteiger partial charge in [0.2, 0.25) is 0 Å². The van der Waals surface area contributed by atoms with E-state index in [4.69, 9.17) is 10.5 Å². The maximum Gasteiger partial charge on any atom is 0.407 e. The van der Waals surface area contributed by atoms with Crippen LogP contribution in [0.1, 0.15) is 67.7 Å². The van der Waals surface area contributed by atoms with Gasteiger partial charge in [0.1, 0.15) is 11.4 Å². The van der Waals surface area contributed by atoms with E-state index in [-0.39, 0.29) is 17.2 Å². The molecule has 2 aromatic heterocycles. The van der Waals surface area contributed by atoms with Crippen LogP contribution in [0.25, 0.3) is 10.9 Å². The number of anilines is 3. The summed E-state index contributed by atoms with van der Waals surface area (Å²) in [6, 6.07) is 13.6. The van der Waals surface area contributed by atoms with Crippen molar-refractivity contribution in [3.8, 4) is 0 Å². The number of ether oxygens (including phenoxy) is 1. The van der Waals surface area contributed by atoms with Gasteiger partial charge in [-0.2, -0.15) is 0 Å². The summed E-state index contributed by atoms with van der Waals surface area (Å²) in [5.74, 6) is -1.58. The van der Waals surface area contributed by atoms with Crippen molar-refractivity contribution in [3.05, 3.63) is 82.8 Å². The number of benzene rings is 2. The van der Waals surface area contributed by atoms with Crippen LogP contribution in [0.4, 0.5) is 26.5 Å². The third-order valence-electron chi connectivity index (χ3n) is 6.79. The first-order chi connectivity index (χ1) is 19.8. The number of primary amides is 1. The number of halogens is 1. The highest BCUT2D eigenvalue weighted by atomic mass is 19.1. The lowest BCUT2D eigenvalue weighted by Gasteiger charge is -2.29. The number of carbonyl (C=O) groups is 2. The van der Waals surface area contributed by atoms with Gasteiger partial charge in [-0.25, -0.2) is 14.2 Å². The fourth-order valence-corrected chi connectivity index (χ4v) is 5.02. The molecule has 0 fully saturated rings. The first kappa shape index (κ1) is 30.4. The van der Waals surface area contributed by atoms with Gasteiger partial charge in [-0.3, -0.25) is 4.79 Å². The maximum absolute atomic E-state index is 15.5. The summed E-state index contributed by atoms with van der Waals surface area (Å²) in [6.45, 7) is 13.9. The molecule has 2 heterocycles. The van der Waals surface area contributed by atoms with Crippen molar-refractivity contribution in [1.29, 1.82) is 0 Å². The largest absolute Gasteiger partial charge is 0.444 e. The Balaban J connectivity index is 1.75. The molecule has 10 heteroatoms. The highest BCUT2D eigenvalue weighted by molar-refractivity contribution is 6.01. The lowest BCUT2D eigenvalue weighted by molar-refractivity contribution is 0.0503. The van der Waals surface area contributed by atoms with E-state index in [0.717, 1.165) is 40.2 Å².